The van der Waals surface area contributed by atoms with E-state index in [4.69, 9.17) is 13.3 Å². The molecule has 2 aromatic rings. The van der Waals surface area contributed by atoms with Gasteiger partial charge < -0.3 is 13.3 Å². The van der Waals surface area contributed by atoms with Crippen LogP contribution in [0.25, 0.3) is 0 Å². The molecule has 2 aromatic heterocycles. The van der Waals surface area contributed by atoms with Crippen LogP contribution in [0, 0.1) is 0 Å². The first-order chi connectivity index (χ1) is 18.6. The highest BCUT2D eigenvalue weighted by Gasteiger charge is 2.39. The lowest BCUT2D eigenvalue weighted by Gasteiger charge is -2.29. The second-order valence-corrected chi connectivity index (χ2v) is 12.6. The van der Waals surface area contributed by atoms with Crippen LogP contribution in [0.5, 0.6) is 0 Å². The fourth-order valence-electron chi connectivity index (χ4n) is 4.63. The zero-order valence-corrected chi connectivity index (χ0v) is 25.7. The van der Waals surface area contributed by atoms with Gasteiger partial charge in [0.1, 0.15) is 0 Å². The van der Waals surface area contributed by atoms with Gasteiger partial charge in [0.05, 0.1) is 11.4 Å². The van der Waals surface area contributed by atoms with Gasteiger partial charge in [0.15, 0.2) is 0 Å². The van der Waals surface area contributed by atoms with E-state index in [1.165, 1.54) is 38.5 Å². The van der Waals surface area contributed by atoms with Gasteiger partial charge >= 0.3 is 8.80 Å². The van der Waals surface area contributed by atoms with Crippen molar-refractivity contribution >= 4 is 8.80 Å². The summed E-state index contributed by atoms with van der Waals surface area (Å²) in [5, 5.41) is 17.7. The average Bonchev–Trinajstić information content (AvgIpc) is 3.54. The minimum absolute atomic E-state index is 0.596. The third kappa shape index (κ3) is 12.5. The Kier molecular flexibility index (Phi) is 16.6. The minimum Gasteiger partial charge on any atom is -0.374 e. The Hall–Kier alpha value is -1.66. The summed E-state index contributed by atoms with van der Waals surface area (Å²) in [5.74, 6) is 0. The number of nitrogens with zero attached hydrogens (tertiary/aromatic N) is 7. The molecule has 0 aliphatic rings. The van der Waals surface area contributed by atoms with E-state index >= 15 is 0 Å². The molecular formula is C27H53N7O3Si. The Bertz CT molecular complexity index is 779. The molecule has 11 heteroatoms. The molecule has 2 heterocycles. The molecule has 0 bridgehead atoms. The molecule has 0 fully saturated rings. The van der Waals surface area contributed by atoms with Crippen molar-refractivity contribution in [3.05, 3.63) is 23.8 Å². The van der Waals surface area contributed by atoms with Gasteiger partial charge in [-0.05, 0) is 46.6 Å². The molecule has 38 heavy (non-hydrogen) atoms. The quantitative estimate of drug-likeness (QED) is 0.125. The number of rotatable bonds is 24. The molecular weight excluding hydrogens is 498 g/mol. The summed E-state index contributed by atoms with van der Waals surface area (Å²) in [6.07, 6.45) is 14.8. The average molecular weight is 552 g/mol. The minimum atomic E-state index is -2.67. The zero-order chi connectivity index (χ0) is 27.5. The Labute approximate surface area is 231 Å². The lowest BCUT2D eigenvalue weighted by Crippen LogP contribution is -2.46. The largest absolute Gasteiger partial charge is 0.500 e. The van der Waals surface area contributed by atoms with Gasteiger partial charge in [-0.2, -0.15) is 0 Å². The van der Waals surface area contributed by atoms with Crippen molar-refractivity contribution in [1.29, 1.82) is 0 Å². The van der Waals surface area contributed by atoms with Crippen LogP contribution in [0.4, 0.5) is 0 Å². The van der Waals surface area contributed by atoms with E-state index in [9.17, 15) is 0 Å². The van der Waals surface area contributed by atoms with E-state index < -0.39 is 8.80 Å². The lowest BCUT2D eigenvalue weighted by atomic mass is 10.2. The van der Waals surface area contributed by atoms with Crippen LogP contribution >= 0.6 is 0 Å². The molecule has 0 N–H and O–H groups in total. The summed E-state index contributed by atoms with van der Waals surface area (Å²) in [6, 6.07) is 0.785. The van der Waals surface area contributed by atoms with Crippen molar-refractivity contribution in [2.45, 2.75) is 125 Å². The standard InChI is InChI=1S/C27H53N7O3Si/c1-6-11-13-15-19-33-24-26(28-30-33)22-32(18-17-21-38(35-8-3,36-9-4)37-10-5)23-27-25-34(31-29-27)20-16-14-12-7-2/h24-25H,6-23H2,1-5H3. The normalized spacial score (nSPS) is 12.2. The molecule has 0 amide bonds. The smallest absolute Gasteiger partial charge is 0.374 e. The third-order valence-corrected chi connectivity index (χ3v) is 9.63. The zero-order valence-electron chi connectivity index (χ0n) is 24.7. The van der Waals surface area contributed by atoms with Gasteiger partial charge in [-0.3, -0.25) is 14.3 Å². The maximum atomic E-state index is 6.07. The van der Waals surface area contributed by atoms with Crippen molar-refractivity contribution in [3.63, 3.8) is 0 Å². The molecule has 0 aromatic carbocycles. The van der Waals surface area contributed by atoms with Crippen LogP contribution in [-0.4, -0.2) is 70.1 Å². The molecule has 0 aliphatic heterocycles. The Balaban J connectivity index is 2.03. The number of aryl methyl sites for hydroxylation is 2. The summed E-state index contributed by atoms with van der Waals surface area (Å²) >= 11 is 0. The molecule has 10 nitrogen and oxygen atoms in total. The summed E-state index contributed by atoms with van der Waals surface area (Å²) in [6.45, 7) is 16.4. The SMILES string of the molecule is CCCCCCn1cc(CN(CCC[Si](OCC)(OCC)OCC)Cc2cn(CCCCCC)nn2)nn1. The Morgan fingerprint density at radius 3 is 1.55 bits per heavy atom. The van der Waals surface area contributed by atoms with Crippen LogP contribution in [0.15, 0.2) is 12.4 Å². The molecule has 0 atom stereocenters. The van der Waals surface area contributed by atoms with Crippen molar-refractivity contribution < 1.29 is 13.3 Å². The number of unbranched alkanes of at least 4 members (excludes halogenated alkanes) is 6. The van der Waals surface area contributed by atoms with E-state index in [1.807, 2.05) is 30.1 Å². The van der Waals surface area contributed by atoms with E-state index in [0.717, 1.165) is 56.3 Å². The molecule has 0 radical (unpaired) electrons. The maximum absolute atomic E-state index is 6.07. The van der Waals surface area contributed by atoms with Gasteiger partial charge in [0, 0.05) is 64.4 Å². The highest BCUT2D eigenvalue weighted by molar-refractivity contribution is 6.60. The molecule has 0 saturated carbocycles. The first kappa shape index (κ1) is 32.5. The Morgan fingerprint density at radius 1 is 0.658 bits per heavy atom. The predicted octanol–water partition coefficient (Wildman–Crippen LogP) is 5.47. The van der Waals surface area contributed by atoms with Gasteiger partial charge in [0.2, 0.25) is 0 Å². The van der Waals surface area contributed by atoms with Crippen LogP contribution in [0.2, 0.25) is 6.04 Å². The van der Waals surface area contributed by atoms with Crippen LogP contribution in [-0.2, 0) is 39.5 Å². The molecule has 2 rings (SSSR count). The van der Waals surface area contributed by atoms with E-state index in [-0.39, 0.29) is 0 Å². The van der Waals surface area contributed by atoms with Gasteiger partial charge in [0.25, 0.3) is 0 Å². The van der Waals surface area contributed by atoms with E-state index in [2.05, 4.69) is 51.8 Å². The highest BCUT2D eigenvalue weighted by atomic mass is 28.4. The maximum Gasteiger partial charge on any atom is 0.500 e. The van der Waals surface area contributed by atoms with E-state index in [1.54, 1.807) is 0 Å². The molecule has 0 aliphatic carbocycles. The summed E-state index contributed by atoms with van der Waals surface area (Å²) in [7, 11) is -2.67. The van der Waals surface area contributed by atoms with Crippen LogP contribution in [0.3, 0.4) is 0 Å². The lowest BCUT2D eigenvalue weighted by molar-refractivity contribution is 0.0697. The molecule has 218 valence electrons. The summed E-state index contributed by atoms with van der Waals surface area (Å²) in [5.41, 5.74) is 1.96. The highest BCUT2D eigenvalue weighted by Crippen LogP contribution is 2.19. The Morgan fingerprint density at radius 2 is 1.13 bits per heavy atom. The number of hydrogen-bond acceptors (Lipinski definition) is 8. The number of aromatic nitrogens is 6. The van der Waals surface area contributed by atoms with Crippen molar-refractivity contribution in [2.75, 3.05) is 26.4 Å². The number of hydrogen-bond donors (Lipinski definition) is 0. The van der Waals surface area contributed by atoms with Crippen molar-refractivity contribution in [2.24, 2.45) is 0 Å². The van der Waals surface area contributed by atoms with Crippen molar-refractivity contribution in [3.8, 4) is 0 Å². The summed E-state index contributed by atoms with van der Waals surface area (Å²) < 4.78 is 22.2. The van der Waals surface area contributed by atoms with Crippen molar-refractivity contribution in [1.82, 2.24) is 34.9 Å². The molecule has 0 spiro atoms. The van der Waals surface area contributed by atoms with Crippen LogP contribution in [0.1, 0.15) is 104 Å². The fourth-order valence-corrected chi connectivity index (χ4v) is 7.23. The van der Waals surface area contributed by atoms with Crippen LogP contribution < -0.4 is 0 Å². The predicted molar refractivity (Wildman–Crippen MR) is 152 cm³/mol. The second-order valence-electron chi connectivity index (χ2n) is 9.86. The van der Waals surface area contributed by atoms with Gasteiger partial charge in [-0.1, -0.05) is 62.8 Å². The van der Waals surface area contributed by atoms with Gasteiger partial charge in [-0.15, -0.1) is 10.2 Å². The molecule has 0 unspecified atom stereocenters. The topological polar surface area (TPSA) is 92.3 Å². The third-order valence-electron chi connectivity index (χ3n) is 6.47. The summed E-state index contributed by atoms with van der Waals surface area (Å²) in [4.78, 5) is 2.37. The first-order valence-corrected chi connectivity index (χ1v) is 16.9. The fraction of sp³-hybridized carbons (Fsp3) is 0.852. The molecule has 0 saturated heterocycles. The first-order valence-electron chi connectivity index (χ1n) is 15.0. The second kappa shape index (κ2) is 19.4. The van der Waals surface area contributed by atoms with Gasteiger partial charge in [-0.25, -0.2) is 0 Å². The monoisotopic (exact) mass is 551 g/mol. The van der Waals surface area contributed by atoms with E-state index in [0.29, 0.717) is 32.9 Å².